The molecular formula is C16H32IN3O2. The van der Waals surface area contributed by atoms with Gasteiger partial charge in [0.25, 0.3) is 0 Å². The van der Waals surface area contributed by atoms with Crippen molar-refractivity contribution in [3.63, 3.8) is 0 Å². The quantitative estimate of drug-likeness (QED) is 0.285. The van der Waals surface area contributed by atoms with Gasteiger partial charge < -0.3 is 15.4 Å². The Kier molecular flexibility index (Phi) is 12.6. The lowest BCUT2D eigenvalue weighted by molar-refractivity contribution is -0.140. The number of methoxy groups -OCH3 is 1. The summed E-state index contributed by atoms with van der Waals surface area (Å²) in [7, 11) is 3.16. The monoisotopic (exact) mass is 425 g/mol. The van der Waals surface area contributed by atoms with Crippen molar-refractivity contribution in [3.8, 4) is 0 Å². The standard InChI is InChI=1S/C16H31N3O2.HI/c1-13(9-10-14-7-5-4-6-8-14)19-16(17-2)18-12-11-15(20)21-3;/h13-14H,4-12H2,1-3H3,(H2,17,18,19);1H. The third kappa shape index (κ3) is 9.48. The van der Waals surface area contributed by atoms with Crippen molar-refractivity contribution in [3.05, 3.63) is 0 Å². The maximum Gasteiger partial charge on any atom is 0.307 e. The van der Waals surface area contributed by atoms with Crippen LogP contribution >= 0.6 is 24.0 Å². The van der Waals surface area contributed by atoms with E-state index >= 15 is 0 Å². The number of aliphatic imine (C=N–C) groups is 1. The predicted octanol–water partition coefficient (Wildman–Crippen LogP) is 3.08. The van der Waals surface area contributed by atoms with E-state index in [4.69, 9.17) is 0 Å². The number of hydrogen-bond acceptors (Lipinski definition) is 3. The molecule has 0 radical (unpaired) electrons. The summed E-state index contributed by atoms with van der Waals surface area (Å²) in [6, 6.07) is 0.399. The molecule has 0 aromatic rings. The molecule has 0 bridgehead atoms. The highest BCUT2D eigenvalue weighted by Gasteiger charge is 2.15. The Morgan fingerprint density at radius 1 is 1.32 bits per heavy atom. The lowest BCUT2D eigenvalue weighted by Gasteiger charge is -2.24. The first-order valence-electron chi connectivity index (χ1n) is 8.19. The molecule has 0 amide bonds. The van der Waals surface area contributed by atoms with E-state index in [0.29, 0.717) is 19.0 Å². The molecule has 1 fully saturated rings. The Morgan fingerprint density at radius 3 is 2.59 bits per heavy atom. The van der Waals surface area contributed by atoms with Crippen LogP contribution in [0.15, 0.2) is 4.99 Å². The first-order valence-corrected chi connectivity index (χ1v) is 8.19. The number of halogens is 1. The van der Waals surface area contributed by atoms with Crippen LogP contribution in [-0.2, 0) is 9.53 Å². The van der Waals surface area contributed by atoms with Crippen LogP contribution in [0.2, 0.25) is 0 Å². The van der Waals surface area contributed by atoms with Crippen LogP contribution in [-0.4, -0.2) is 38.7 Å². The molecule has 1 unspecified atom stereocenters. The summed E-state index contributed by atoms with van der Waals surface area (Å²) in [4.78, 5) is 15.2. The number of rotatable bonds is 7. The molecule has 22 heavy (non-hydrogen) atoms. The Hall–Kier alpha value is -0.530. The van der Waals surface area contributed by atoms with E-state index < -0.39 is 0 Å². The zero-order chi connectivity index (χ0) is 15.5. The van der Waals surface area contributed by atoms with Gasteiger partial charge in [-0.1, -0.05) is 32.1 Å². The second-order valence-corrected chi connectivity index (χ2v) is 5.95. The van der Waals surface area contributed by atoms with Crippen LogP contribution in [0.5, 0.6) is 0 Å². The van der Waals surface area contributed by atoms with Crippen LogP contribution in [0.3, 0.4) is 0 Å². The van der Waals surface area contributed by atoms with Crippen LogP contribution in [0, 0.1) is 5.92 Å². The van der Waals surface area contributed by atoms with Crippen molar-refractivity contribution < 1.29 is 9.53 Å². The van der Waals surface area contributed by atoms with Crippen molar-refractivity contribution in [2.24, 2.45) is 10.9 Å². The number of esters is 1. The number of nitrogens with one attached hydrogen (secondary N) is 2. The third-order valence-corrected chi connectivity index (χ3v) is 4.19. The summed E-state index contributed by atoms with van der Waals surface area (Å²) in [5, 5.41) is 6.53. The molecule has 1 aliphatic carbocycles. The fourth-order valence-electron chi connectivity index (χ4n) is 2.85. The Labute approximate surface area is 152 Å². The Morgan fingerprint density at radius 2 is 2.00 bits per heavy atom. The smallest absolute Gasteiger partial charge is 0.307 e. The average molecular weight is 425 g/mol. The molecule has 130 valence electrons. The number of carbonyl (C=O) groups is 1. The fourth-order valence-corrected chi connectivity index (χ4v) is 2.85. The summed E-state index contributed by atoms with van der Waals surface area (Å²) in [5.74, 6) is 1.47. The Bertz CT molecular complexity index is 331. The summed E-state index contributed by atoms with van der Waals surface area (Å²) in [5.41, 5.74) is 0. The second kappa shape index (κ2) is 13.0. The van der Waals surface area contributed by atoms with E-state index in [1.165, 1.54) is 52.1 Å². The maximum absolute atomic E-state index is 11.1. The molecule has 1 rings (SSSR count). The first-order chi connectivity index (χ1) is 10.2. The fraction of sp³-hybridized carbons (Fsp3) is 0.875. The van der Waals surface area contributed by atoms with E-state index in [2.05, 4.69) is 27.3 Å². The maximum atomic E-state index is 11.1. The highest BCUT2D eigenvalue weighted by atomic mass is 127. The minimum atomic E-state index is -0.205. The molecule has 0 aromatic heterocycles. The van der Waals surface area contributed by atoms with Gasteiger partial charge in [0.15, 0.2) is 5.96 Å². The average Bonchev–Trinajstić information content (AvgIpc) is 2.52. The molecular weight excluding hydrogens is 393 g/mol. The van der Waals surface area contributed by atoms with Crippen molar-refractivity contribution in [2.75, 3.05) is 20.7 Å². The third-order valence-electron chi connectivity index (χ3n) is 4.19. The minimum absolute atomic E-state index is 0. The lowest BCUT2D eigenvalue weighted by atomic mass is 9.85. The molecule has 0 saturated heterocycles. The SMILES string of the molecule is CN=C(NCCC(=O)OC)NC(C)CCC1CCCCC1.I. The van der Waals surface area contributed by atoms with E-state index in [-0.39, 0.29) is 29.9 Å². The highest BCUT2D eigenvalue weighted by Crippen LogP contribution is 2.27. The van der Waals surface area contributed by atoms with Gasteiger partial charge in [0, 0.05) is 19.6 Å². The molecule has 0 aromatic carbocycles. The van der Waals surface area contributed by atoms with Crippen molar-refractivity contribution in [1.29, 1.82) is 0 Å². The number of guanidine groups is 1. The molecule has 1 saturated carbocycles. The number of hydrogen-bond donors (Lipinski definition) is 2. The van der Waals surface area contributed by atoms with Crippen LogP contribution in [0.4, 0.5) is 0 Å². The number of ether oxygens (including phenoxy) is 1. The van der Waals surface area contributed by atoms with E-state index in [1.807, 2.05) is 0 Å². The molecule has 0 spiro atoms. The van der Waals surface area contributed by atoms with Gasteiger partial charge in [-0.15, -0.1) is 24.0 Å². The van der Waals surface area contributed by atoms with Gasteiger partial charge in [-0.25, -0.2) is 0 Å². The van der Waals surface area contributed by atoms with Crippen molar-refractivity contribution in [2.45, 2.75) is 64.3 Å². The van der Waals surface area contributed by atoms with Crippen molar-refractivity contribution in [1.82, 2.24) is 10.6 Å². The van der Waals surface area contributed by atoms with Crippen LogP contribution < -0.4 is 10.6 Å². The molecule has 1 aliphatic rings. The molecule has 5 nitrogen and oxygen atoms in total. The highest BCUT2D eigenvalue weighted by molar-refractivity contribution is 14.0. The van der Waals surface area contributed by atoms with Gasteiger partial charge in [0.1, 0.15) is 0 Å². The van der Waals surface area contributed by atoms with Gasteiger partial charge in [0.2, 0.25) is 0 Å². The van der Waals surface area contributed by atoms with E-state index in [1.54, 1.807) is 7.05 Å². The van der Waals surface area contributed by atoms with Gasteiger partial charge in [-0.3, -0.25) is 9.79 Å². The summed E-state index contributed by atoms with van der Waals surface area (Å²) >= 11 is 0. The van der Waals surface area contributed by atoms with E-state index in [9.17, 15) is 4.79 Å². The topological polar surface area (TPSA) is 62.7 Å². The largest absolute Gasteiger partial charge is 0.469 e. The first kappa shape index (κ1) is 21.5. The Balaban J connectivity index is 0.00000441. The van der Waals surface area contributed by atoms with Crippen LogP contribution in [0.1, 0.15) is 58.3 Å². The molecule has 1 atom stereocenters. The minimum Gasteiger partial charge on any atom is -0.469 e. The summed E-state index contributed by atoms with van der Waals surface area (Å²) in [6.45, 7) is 2.73. The number of nitrogens with zero attached hydrogens (tertiary/aromatic N) is 1. The lowest BCUT2D eigenvalue weighted by Crippen LogP contribution is -2.43. The van der Waals surface area contributed by atoms with Gasteiger partial charge in [-0.2, -0.15) is 0 Å². The molecule has 2 N–H and O–H groups in total. The van der Waals surface area contributed by atoms with Gasteiger partial charge in [0.05, 0.1) is 13.5 Å². The van der Waals surface area contributed by atoms with E-state index in [0.717, 1.165) is 11.9 Å². The molecule has 0 heterocycles. The normalized spacial score (nSPS) is 17.3. The van der Waals surface area contributed by atoms with Crippen LogP contribution in [0.25, 0.3) is 0 Å². The molecule has 6 heteroatoms. The molecule has 0 aliphatic heterocycles. The summed E-state index contributed by atoms with van der Waals surface area (Å²) < 4.78 is 4.61. The van der Waals surface area contributed by atoms with Gasteiger partial charge in [-0.05, 0) is 25.7 Å². The zero-order valence-corrected chi connectivity index (χ0v) is 16.5. The second-order valence-electron chi connectivity index (χ2n) is 5.95. The zero-order valence-electron chi connectivity index (χ0n) is 14.2. The van der Waals surface area contributed by atoms with Gasteiger partial charge >= 0.3 is 5.97 Å². The predicted molar refractivity (Wildman–Crippen MR) is 102 cm³/mol. The number of carbonyl (C=O) groups excluding carboxylic acids is 1. The summed E-state index contributed by atoms with van der Waals surface area (Å²) in [6.07, 6.45) is 9.86. The van der Waals surface area contributed by atoms with Crippen molar-refractivity contribution >= 4 is 35.9 Å².